The van der Waals surface area contributed by atoms with Gasteiger partial charge in [-0.05, 0) is 92.2 Å². The fourth-order valence-corrected chi connectivity index (χ4v) is 9.10. The van der Waals surface area contributed by atoms with Crippen molar-refractivity contribution in [3.8, 4) is 28.7 Å². The van der Waals surface area contributed by atoms with Gasteiger partial charge in [-0.1, -0.05) is 66.7 Å². The number of methoxy groups -OCH3 is 5. The normalized spacial score (nSPS) is 19.5. The molecule has 0 saturated carbocycles. The zero-order valence-electron chi connectivity index (χ0n) is 34.0. The van der Waals surface area contributed by atoms with Gasteiger partial charge in [0.2, 0.25) is 5.75 Å². The van der Waals surface area contributed by atoms with Crippen LogP contribution in [0.2, 0.25) is 0 Å². The zero-order chi connectivity index (χ0) is 41.8. The van der Waals surface area contributed by atoms with E-state index in [1.54, 1.807) is 12.1 Å². The Balaban J connectivity index is 1.27. The fourth-order valence-electron chi connectivity index (χ4n) is 9.10. The molecule has 0 aliphatic carbocycles. The molecule has 1 N–H and O–H groups in total. The van der Waals surface area contributed by atoms with E-state index in [0.29, 0.717) is 49.5 Å². The van der Waals surface area contributed by atoms with Crippen molar-refractivity contribution in [2.24, 2.45) is 5.92 Å². The van der Waals surface area contributed by atoms with E-state index < -0.39 is 34.8 Å². The van der Waals surface area contributed by atoms with Crippen LogP contribution in [0.25, 0.3) is 0 Å². The maximum absolute atomic E-state index is 14.9. The number of piperidine rings is 1. The van der Waals surface area contributed by atoms with Gasteiger partial charge in [-0.15, -0.1) is 0 Å². The van der Waals surface area contributed by atoms with Crippen LogP contribution in [0.4, 0.5) is 0 Å². The molecule has 2 fully saturated rings. The van der Waals surface area contributed by atoms with Crippen molar-refractivity contribution in [1.29, 1.82) is 0 Å². The summed E-state index contributed by atoms with van der Waals surface area (Å²) in [5.41, 5.74) is -0.104. The predicted molar refractivity (Wildman–Crippen MR) is 217 cm³/mol. The van der Waals surface area contributed by atoms with Crippen molar-refractivity contribution < 1.29 is 52.6 Å². The third kappa shape index (κ3) is 7.33. The Morgan fingerprint density at radius 1 is 0.712 bits per heavy atom. The second kappa shape index (κ2) is 17.0. The molecule has 3 heterocycles. The Morgan fingerprint density at radius 2 is 1.25 bits per heavy atom. The Kier molecular flexibility index (Phi) is 11.9. The van der Waals surface area contributed by atoms with Crippen LogP contribution in [0.3, 0.4) is 0 Å². The number of amides is 1. The van der Waals surface area contributed by atoms with E-state index in [-0.39, 0.29) is 48.1 Å². The summed E-state index contributed by atoms with van der Waals surface area (Å²) in [7, 11) is 7.39. The molecule has 0 bridgehead atoms. The van der Waals surface area contributed by atoms with Crippen molar-refractivity contribution in [2.45, 2.75) is 42.6 Å². The fraction of sp³-hybridized carbons (Fsp3) is 0.370. The molecule has 2 saturated heterocycles. The lowest BCUT2D eigenvalue weighted by Gasteiger charge is -2.47. The molecule has 59 heavy (non-hydrogen) atoms. The minimum absolute atomic E-state index is 0.0354. The average molecular weight is 807 g/mol. The second-order valence-electron chi connectivity index (χ2n) is 14.9. The summed E-state index contributed by atoms with van der Waals surface area (Å²) in [6, 6.07) is 27.9. The summed E-state index contributed by atoms with van der Waals surface area (Å²) in [5, 5.41) is 12.6. The molecule has 4 aromatic carbocycles. The van der Waals surface area contributed by atoms with E-state index in [1.165, 1.54) is 52.6 Å². The quantitative estimate of drug-likeness (QED) is 0.162. The summed E-state index contributed by atoms with van der Waals surface area (Å²) < 4.78 is 40.5. The van der Waals surface area contributed by atoms with Crippen LogP contribution in [0.15, 0.2) is 103 Å². The average Bonchev–Trinajstić information content (AvgIpc) is 3.49. The molecule has 4 aromatic rings. The van der Waals surface area contributed by atoms with Crippen LogP contribution in [-0.2, 0) is 30.1 Å². The van der Waals surface area contributed by atoms with Crippen molar-refractivity contribution >= 4 is 17.8 Å². The van der Waals surface area contributed by atoms with Gasteiger partial charge in [-0.25, -0.2) is 9.59 Å². The van der Waals surface area contributed by atoms with Gasteiger partial charge in [0.1, 0.15) is 5.60 Å². The number of likely N-dealkylation sites (tertiary alicyclic amines) is 2. The van der Waals surface area contributed by atoms with Crippen molar-refractivity contribution in [3.63, 3.8) is 0 Å². The van der Waals surface area contributed by atoms with E-state index in [4.69, 9.17) is 33.2 Å². The predicted octanol–water partition coefficient (Wildman–Crippen LogP) is 5.86. The molecule has 13 nitrogen and oxygen atoms in total. The molecule has 0 radical (unpaired) electrons. The highest BCUT2D eigenvalue weighted by atomic mass is 16.8. The first-order chi connectivity index (χ1) is 28.6. The summed E-state index contributed by atoms with van der Waals surface area (Å²) in [4.78, 5) is 45.6. The maximum Gasteiger partial charge on any atom is 0.355 e. The number of benzene rings is 4. The van der Waals surface area contributed by atoms with Crippen LogP contribution >= 0.6 is 0 Å². The van der Waals surface area contributed by atoms with Crippen molar-refractivity contribution in [1.82, 2.24) is 9.80 Å². The van der Waals surface area contributed by atoms with Gasteiger partial charge in [0, 0.05) is 24.3 Å². The highest BCUT2D eigenvalue weighted by molar-refractivity contribution is 5.98. The Bertz CT molecular complexity index is 2100. The van der Waals surface area contributed by atoms with E-state index >= 15 is 0 Å². The summed E-state index contributed by atoms with van der Waals surface area (Å²) >= 11 is 0. The molecule has 1 spiro atoms. The third-order valence-corrected chi connectivity index (χ3v) is 12.1. The number of rotatable bonds is 13. The number of carbonyl (C=O) groups is 3. The van der Waals surface area contributed by atoms with Gasteiger partial charge in [0.25, 0.3) is 5.91 Å². The maximum atomic E-state index is 14.9. The molecule has 3 aliphatic rings. The lowest BCUT2D eigenvalue weighted by molar-refractivity contribution is -0.284. The zero-order valence-corrected chi connectivity index (χ0v) is 34.0. The van der Waals surface area contributed by atoms with E-state index in [1.807, 2.05) is 66.7 Å². The van der Waals surface area contributed by atoms with Crippen molar-refractivity contribution in [2.75, 3.05) is 61.7 Å². The number of carbonyl (C=O) groups excluding carboxylic acids is 3. The monoisotopic (exact) mass is 806 g/mol. The summed E-state index contributed by atoms with van der Waals surface area (Å²) in [6.45, 7) is 1.80. The lowest BCUT2D eigenvalue weighted by Crippen LogP contribution is -2.63. The van der Waals surface area contributed by atoms with Gasteiger partial charge < -0.3 is 43.2 Å². The number of esters is 2. The first-order valence-corrected chi connectivity index (χ1v) is 19.6. The molecular weight excluding hydrogens is 757 g/mol. The Labute approximate surface area is 344 Å². The number of hydrogen-bond donors (Lipinski definition) is 1. The van der Waals surface area contributed by atoms with Gasteiger partial charge in [0.05, 0.1) is 41.0 Å². The lowest BCUT2D eigenvalue weighted by atomic mass is 9.71. The topological polar surface area (TPSA) is 143 Å². The number of ether oxygens (including phenoxy) is 7. The van der Waals surface area contributed by atoms with Crippen LogP contribution in [0, 0.1) is 5.92 Å². The highest BCUT2D eigenvalue weighted by Gasteiger charge is 2.68. The van der Waals surface area contributed by atoms with Gasteiger partial charge in [0.15, 0.2) is 23.0 Å². The van der Waals surface area contributed by atoms with Crippen LogP contribution < -0.4 is 23.7 Å². The van der Waals surface area contributed by atoms with Gasteiger partial charge in [-0.2, -0.15) is 0 Å². The molecule has 1 atom stereocenters. The minimum Gasteiger partial charge on any atom is -0.493 e. The first-order valence-electron chi connectivity index (χ1n) is 19.6. The van der Waals surface area contributed by atoms with Gasteiger partial charge in [-0.3, -0.25) is 9.69 Å². The van der Waals surface area contributed by atoms with Crippen molar-refractivity contribution in [3.05, 3.63) is 125 Å². The summed E-state index contributed by atoms with van der Waals surface area (Å²) in [6.07, 6.45) is 3.90. The van der Waals surface area contributed by atoms with E-state index in [2.05, 4.69) is 4.90 Å². The number of hydrogen-bond acceptors (Lipinski definition) is 12. The molecule has 310 valence electrons. The second-order valence-corrected chi connectivity index (χ2v) is 14.9. The molecule has 1 unspecified atom stereocenters. The molecule has 1 amide bonds. The SMILES string of the molecule is COc1ccc(C2(CCN3CCC(C(O)(c4ccccc4)c4ccccc4)CC3)CCN(C(=O)c3cc(OC)c(OC)c(OC)c3)C23OC(=O)C=CC(=O)O3)cc1OC. The largest absolute Gasteiger partial charge is 0.493 e. The molecule has 13 heteroatoms. The molecule has 3 aliphatic heterocycles. The number of aliphatic hydroxyl groups is 1. The smallest absolute Gasteiger partial charge is 0.355 e. The molecule has 7 rings (SSSR count). The Morgan fingerprint density at radius 3 is 1.76 bits per heavy atom. The van der Waals surface area contributed by atoms with E-state index in [0.717, 1.165) is 23.3 Å². The van der Waals surface area contributed by atoms with Crippen LogP contribution in [0.1, 0.15) is 52.7 Å². The Hall–Kier alpha value is -6.05. The molecule has 0 aromatic heterocycles. The van der Waals surface area contributed by atoms with E-state index in [9.17, 15) is 19.5 Å². The van der Waals surface area contributed by atoms with Gasteiger partial charge >= 0.3 is 17.8 Å². The first kappa shape index (κ1) is 41.1. The third-order valence-electron chi connectivity index (χ3n) is 12.1. The van der Waals surface area contributed by atoms with Crippen LogP contribution in [-0.4, -0.2) is 100 Å². The van der Waals surface area contributed by atoms with Crippen LogP contribution in [0.5, 0.6) is 28.7 Å². The summed E-state index contributed by atoms with van der Waals surface area (Å²) in [5.74, 6) is -3.01. The number of nitrogens with zero attached hydrogens (tertiary/aromatic N) is 2. The highest BCUT2D eigenvalue weighted by Crippen LogP contribution is 2.55. The molecular formula is C46H50N2O11. The standard InChI is InChI=1S/C46H50N2O11/c1-53-36-17-16-35(30-37(36)54-2)44(22-26-47-24-20-34(21-25-47)45(52,32-12-8-6-9-13-32)33-14-10-7-11-15-33)23-27-48(46(44)58-40(49)18-19-41(50)59-46)43(51)31-28-38(55-3)42(57-5)39(29-31)56-4/h6-19,28-30,34,52H,20-27H2,1-5H3. The minimum atomic E-state index is -2.25.